The van der Waals surface area contributed by atoms with Gasteiger partial charge in [-0.15, -0.1) is 0 Å². The maximum absolute atomic E-state index is 12.4. The Hall–Kier alpha value is -1.64. The van der Waals surface area contributed by atoms with Crippen LogP contribution in [-0.2, 0) is 6.42 Å². The van der Waals surface area contributed by atoms with Gasteiger partial charge in [0.1, 0.15) is 0 Å². The second kappa shape index (κ2) is 5.13. The number of ketones is 1. The molecule has 0 spiro atoms. The highest BCUT2D eigenvalue weighted by atomic mass is 16.1. The lowest BCUT2D eigenvalue weighted by Crippen LogP contribution is -2.36. The summed E-state index contributed by atoms with van der Waals surface area (Å²) in [7, 11) is 0. The molecule has 2 rings (SSSR count). The summed E-state index contributed by atoms with van der Waals surface area (Å²) in [6.07, 6.45) is 0.854. The molecule has 0 bridgehead atoms. The Morgan fingerprint density at radius 2 is 1.94 bits per heavy atom. The molecule has 1 aromatic carbocycles. The minimum absolute atomic E-state index is 0.0711. The van der Waals surface area contributed by atoms with Crippen molar-refractivity contribution in [2.24, 2.45) is 4.99 Å². The Balaban J connectivity index is 2.39. The average Bonchev–Trinajstić information content (AvgIpc) is 2.53. The molecule has 0 unspecified atom stereocenters. The number of nitrogens with zero attached hydrogens (tertiary/aromatic N) is 2. The summed E-state index contributed by atoms with van der Waals surface area (Å²) >= 11 is 0. The summed E-state index contributed by atoms with van der Waals surface area (Å²) in [5.41, 5.74) is 1.93. The number of fused-ring (bicyclic) bond motifs is 1. The van der Waals surface area contributed by atoms with Crippen LogP contribution in [0.25, 0.3) is 0 Å². The SMILES string of the molecule is CCN(CC)C1=NCCc2ccccc2C1=O. The van der Waals surface area contributed by atoms with Crippen LogP contribution in [0.4, 0.5) is 0 Å². The molecule has 3 nitrogen and oxygen atoms in total. The van der Waals surface area contributed by atoms with E-state index in [0.29, 0.717) is 12.4 Å². The highest BCUT2D eigenvalue weighted by Gasteiger charge is 2.23. The van der Waals surface area contributed by atoms with E-state index < -0.39 is 0 Å². The van der Waals surface area contributed by atoms with Gasteiger partial charge in [-0.1, -0.05) is 24.3 Å². The molecular weight excluding hydrogens is 212 g/mol. The third-order valence-corrected chi connectivity index (χ3v) is 3.17. The molecule has 0 saturated carbocycles. The summed E-state index contributed by atoms with van der Waals surface area (Å²) in [4.78, 5) is 18.9. The fraction of sp³-hybridized carbons (Fsp3) is 0.429. The molecule has 1 heterocycles. The number of amidine groups is 1. The number of Topliss-reactive ketones (excluding diaryl/α,β-unsaturated/α-hetero) is 1. The largest absolute Gasteiger partial charge is 0.354 e. The van der Waals surface area contributed by atoms with Gasteiger partial charge < -0.3 is 4.90 Å². The minimum atomic E-state index is 0.0711. The number of aliphatic imine (C=N–C) groups is 1. The topological polar surface area (TPSA) is 32.7 Å². The van der Waals surface area contributed by atoms with Crippen molar-refractivity contribution >= 4 is 11.6 Å². The second-order valence-corrected chi connectivity index (χ2v) is 4.11. The first-order valence-electron chi connectivity index (χ1n) is 6.20. The Morgan fingerprint density at radius 1 is 1.24 bits per heavy atom. The van der Waals surface area contributed by atoms with E-state index in [9.17, 15) is 4.79 Å². The molecule has 1 aliphatic heterocycles. The molecule has 3 heteroatoms. The Labute approximate surface area is 102 Å². The van der Waals surface area contributed by atoms with Gasteiger partial charge in [-0.25, -0.2) is 0 Å². The lowest BCUT2D eigenvalue weighted by Gasteiger charge is -2.21. The molecule has 0 fully saturated rings. The van der Waals surface area contributed by atoms with Crippen LogP contribution in [0.5, 0.6) is 0 Å². The van der Waals surface area contributed by atoms with Gasteiger partial charge in [-0.05, 0) is 25.8 Å². The van der Waals surface area contributed by atoms with Crippen molar-refractivity contribution < 1.29 is 4.79 Å². The van der Waals surface area contributed by atoms with Crippen molar-refractivity contribution in [3.63, 3.8) is 0 Å². The summed E-state index contributed by atoms with van der Waals surface area (Å²) in [5, 5.41) is 0. The van der Waals surface area contributed by atoms with Crippen molar-refractivity contribution in [1.82, 2.24) is 4.90 Å². The molecule has 0 aliphatic carbocycles. The van der Waals surface area contributed by atoms with E-state index in [1.165, 1.54) is 0 Å². The molecule has 1 aliphatic rings. The van der Waals surface area contributed by atoms with Crippen LogP contribution in [0.1, 0.15) is 29.8 Å². The average molecular weight is 230 g/mol. The second-order valence-electron chi connectivity index (χ2n) is 4.11. The van der Waals surface area contributed by atoms with Crippen LogP contribution >= 0.6 is 0 Å². The number of carbonyl (C=O) groups is 1. The van der Waals surface area contributed by atoms with E-state index in [2.05, 4.69) is 18.8 Å². The smallest absolute Gasteiger partial charge is 0.228 e. The van der Waals surface area contributed by atoms with E-state index in [1.54, 1.807) is 0 Å². The maximum atomic E-state index is 12.4. The monoisotopic (exact) mass is 230 g/mol. The summed E-state index contributed by atoms with van der Waals surface area (Å²) < 4.78 is 0. The quantitative estimate of drug-likeness (QED) is 0.780. The van der Waals surface area contributed by atoms with Gasteiger partial charge in [0.15, 0.2) is 5.84 Å². The van der Waals surface area contributed by atoms with E-state index in [-0.39, 0.29) is 5.78 Å². The van der Waals surface area contributed by atoms with Gasteiger partial charge in [0, 0.05) is 25.2 Å². The predicted molar refractivity (Wildman–Crippen MR) is 69.7 cm³/mol. The summed E-state index contributed by atoms with van der Waals surface area (Å²) in [6.45, 7) is 6.45. The first-order valence-corrected chi connectivity index (χ1v) is 6.20. The molecular formula is C14H18N2O. The lowest BCUT2D eigenvalue weighted by atomic mass is 10.0. The Morgan fingerprint density at radius 3 is 2.65 bits per heavy atom. The first kappa shape index (κ1) is 11.8. The fourth-order valence-corrected chi connectivity index (χ4v) is 2.20. The van der Waals surface area contributed by atoms with Gasteiger partial charge in [0.2, 0.25) is 5.78 Å². The number of benzene rings is 1. The molecule has 0 N–H and O–H groups in total. The van der Waals surface area contributed by atoms with Crippen LogP contribution in [0.15, 0.2) is 29.3 Å². The molecule has 0 atom stereocenters. The third-order valence-electron chi connectivity index (χ3n) is 3.17. The molecule has 17 heavy (non-hydrogen) atoms. The van der Waals surface area contributed by atoms with Crippen LogP contribution in [-0.4, -0.2) is 36.2 Å². The fourth-order valence-electron chi connectivity index (χ4n) is 2.20. The van der Waals surface area contributed by atoms with Crippen molar-refractivity contribution in [2.45, 2.75) is 20.3 Å². The summed E-state index contributed by atoms with van der Waals surface area (Å²) in [6, 6.07) is 7.83. The van der Waals surface area contributed by atoms with E-state index >= 15 is 0 Å². The van der Waals surface area contributed by atoms with E-state index in [0.717, 1.165) is 30.6 Å². The number of hydrogen-bond acceptors (Lipinski definition) is 3. The van der Waals surface area contributed by atoms with Gasteiger partial charge in [-0.3, -0.25) is 9.79 Å². The standard InChI is InChI=1S/C14H18N2O/c1-3-16(4-2)14-13(17)12-8-6-5-7-11(12)9-10-15-14/h5-8H,3-4,9-10H2,1-2H3. The number of rotatable bonds is 2. The highest BCUT2D eigenvalue weighted by Crippen LogP contribution is 2.15. The Bertz CT molecular complexity index is 447. The molecule has 0 radical (unpaired) electrons. The number of hydrogen-bond donors (Lipinski definition) is 0. The zero-order valence-electron chi connectivity index (χ0n) is 10.4. The van der Waals surface area contributed by atoms with Crippen LogP contribution < -0.4 is 0 Å². The van der Waals surface area contributed by atoms with E-state index in [1.807, 2.05) is 29.2 Å². The number of likely N-dealkylation sites (N-methyl/N-ethyl adjacent to an activating group) is 1. The minimum Gasteiger partial charge on any atom is -0.354 e. The molecule has 0 saturated heterocycles. The van der Waals surface area contributed by atoms with Crippen LogP contribution in [0, 0.1) is 0 Å². The van der Waals surface area contributed by atoms with E-state index in [4.69, 9.17) is 0 Å². The van der Waals surface area contributed by atoms with Gasteiger partial charge in [0.25, 0.3) is 0 Å². The predicted octanol–water partition coefficient (Wildman–Crippen LogP) is 2.17. The van der Waals surface area contributed by atoms with Crippen molar-refractivity contribution in [3.05, 3.63) is 35.4 Å². The lowest BCUT2D eigenvalue weighted by molar-refractivity contribution is 0.105. The van der Waals surface area contributed by atoms with Gasteiger partial charge in [0.05, 0.1) is 0 Å². The zero-order valence-corrected chi connectivity index (χ0v) is 10.4. The number of carbonyl (C=O) groups excluding carboxylic acids is 1. The van der Waals surface area contributed by atoms with Crippen molar-refractivity contribution in [2.75, 3.05) is 19.6 Å². The molecule has 0 amide bonds. The Kier molecular flexibility index (Phi) is 3.57. The molecule has 0 aromatic heterocycles. The third kappa shape index (κ3) is 2.23. The van der Waals surface area contributed by atoms with Crippen LogP contribution in [0.3, 0.4) is 0 Å². The highest BCUT2D eigenvalue weighted by molar-refractivity contribution is 6.45. The van der Waals surface area contributed by atoms with Gasteiger partial charge in [-0.2, -0.15) is 0 Å². The van der Waals surface area contributed by atoms with Crippen molar-refractivity contribution in [3.8, 4) is 0 Å². The first-order chi connectivity index (χ1) is 8.27. The summed E-state index contributed by atoms with van der Waals surface area (Å²) in [5.74, 6) is 0.696. The molecule has 90 valence electrons. The maximum Gasteiger partial charge on any atom is 0.228 e. The normalized spacial score (nSPS) is 14.9. The molecule has 1 aromatic rings. The van der Waals surface area contributed by atoms with Gasteiger partial charge >= 0.3 is 0 Å². The zero-order chi connectivity index (χ0) is 12.3. The van der Waals surface area contributed by atoms with Crippen molar-refractivity contribution in [1.29, 1.82) is 0 Å². The van der Waals surface area contributed by atoms with Crippen LogP contribution in [0.2, 0.25) is 0 Å².